The molecular weight excluding hydrogens is 256 g/mol. The second-order valence-corrected chi connectivity index (χ2v) is 5.12. The average Bonchev–Trinajstić information content (AvgIpc) is 2.79. The first-order chi connectivity index (χ1) is 8.47. The van der Waals surface area contributed by atoms with Crippen LogP contribution in [0.3, 0.4) is 0 Å². The number of nitrogens with two attached hydrogens (primary N) is 2. The van der Waals surface area contributed by atoms with Crippen LogP contribution in [0, 0.1) is 0 Å². The summed E-state index contributed by atoms with van der Waals surface area (Å²) in [5, 5.41) is 14.3. The second-order valence-electron chi connectivity index (χ2n) is 3.59. The highest BCUT2D eigenvalue weighted by molar-refractivity contribution is 7.89. The highest BCUT2D eigenvalue weighted by Gasteiger charge is 2.14. The van der Waals surface area contributed by atoms with Crippen LogP contribution in [-0.2, 0) is 16.6 Å². The third-order valence-electron chi connectivity index (χ3n) is 2.22. The molecule has 2 aromatic rings. The van der Waals surface area contributed by atoms with Crippen LogP contribution in [0.5, 0.6) is 0 Å². The van der Waals surface area contributed by atoms with E-state index < -0.39 is 10.0 Å². The third kappa shape index (κ3) is 2.76. The maximum atomic E-state index is 11.4. The normalized spacial score (nSPS) is 11.4. The van der Waals surface area contributed by atoms with Gasteiger partial charge in [-0.2, -0.15) is 5.10 Å². The summed E-state index contributed by atoms with van der Waals surface area (Å²) in [7, 11) is -3.84. The number of nitrogens with zero attached hydrogens (tertiary/aromatic N) is 2. The molecule has 0 aliphatic carbocycles. The van der Waals surface area contributed by atoms with Gasteiger partial charge in [0.25, 0.3) is 0 Å². The van der Waals surface area contributed by atoms with E-state index in [1.807, 2.05) is 0 Å². The topological polar surface area (TPSA) is 140 Å². The Balaban J connectivity index is 2.27. The molecule has 0 bridgehead atoms. The predicted octanol–water partition coefficient (Wildman–Crippen LogP) is -0.354. The van der Waals surface area contributed by atoms with E-state index in [4.69, 9.17) is 10.9 Å². The Kier molecular flexibility index (Phi) is 3.17. The highest BCUT2D eigenvalue weighted by Crippen LogP contribution is 2.23. The summed E-state index contributed by atoms with van der Waals surface area (Å²) >= 11 is 0. The molecule has 9 heteroatoms. The fourth-order valence-electron chi connectivity index (χ4n) is 1.42. The van der Waals surface area contributed by atoms with Gasteiger partial charge in [-0.25, -0.2) is 18.5 Å². The molecule has 0 fully saturated rings. The molecule has 6 N–H and O–H groups in total. The number of sulfonamides is 1. The van der Waals surface area contributed by atoms with Crippen LogP contribution in [0.2, 0.25) is 0 Å². The maximum Gasteiger partial charge on any atom is 0.240 e. The standard InChI is InChI=1S/C9H12N6O2S/c10-6-1-2-7(8(3-6)18(11,16)17)12-4-9-13-5-14-15-9/h1-3,5,12H,4,10H2,(H2,11,16,17)(H,13,14,15). The second kappa shape index (κ2) is 4.63. The molecule has 0 unspecified atom stereocenters. The number of aromatic nitrogens is 3. The van der Waals surface area contributed by atoms with E-state index in [-0.39, 0.29) is 4.90 Å². The van der Waals surface area contributed by atoms with Crippen LogP contribution in [0.15, 0.2) is 29.4 Å². The zero-order valence-electron chi connectivity index (χ0n) is 9.29. The summed E-state index contributed by atoms with van der Waals surface area (Å²) in [4.78, 5) is 3.85. The molecule has 0 saturated carbocycles. The van der Waals surface area contributed by atoms with Crippen LogP contribution in [0.4, 0.5) is 11.4 Å². The van der Waals surface area contributed by atoms with Gasteiger partial charge in [0, 0.05) is 5.69 Å². The minimum atomic E-state index is -3.84. The zero-order chi connectivity index (χ0) is 13.2. The van der Waals surface area contributed by atoms with Crippen molar-refractivity contribution < 1.29 is 8.42 Å². The lowest BCUT2D eigenvalue weighted by Gasteiger charge is -2.10. The fourth-order valence-corrected chi connectivity index (χ4v) is 2.16. The molecule has 0 spiro atoms. The molecule has 1 aromatic carbocycles. The van der Waals surface area contributed by atoms with E-state index in [2.05, 4.69) is 20.5 Å². The number of benzene rings is 1. The molecule has 0 aliphatic rings. The molecule has 18 heavy (non-hydrogen) atoms. The zero-order valence-corrected chi connectivity index (χ0v) is 10.1. The van der Waals surface area contributed by atoms with Gasteiger partial charge >= 0.3 is 0 Å². The molecule has 0 aliphatic heterocycles. The summed E-state index contributed by atoms with van der Waals surface area (Å²) in [6.07, 6.45) is 1.36. The van der Waals surface area contributed by atoms with Crippen molar-refractivity contribution in [1.82, 2.24) is 15.2 Å². The number of nitrogens with one attached hydrogen (secondary N) is 2. The first-order valence-electron chi connectivity index (χ1n) is 4.97. The fraction of sp³-hybridized carbons (Fsp3) is 0.111. The van der Waals surface area contributed by atoms with Crippen molar-refractivity contribution in [2.75, 3.05) is 11.1 Å². The number of nitrogen functional groups attached to an aromatic ring is 1. The van der Waals surface area contributed by atoms with Gasteiger partial charge in [-0.05, 0) is 18.2 Å². The van der Waals surface area contributed by atoms with Crippen molar-refractivity contribution in [3.8, 4) is 0 Å². The van der Waals surface area contributed by atoms with Crippen molar-refractivity contribution in [3.63, 3.8) is 0 Å². The van der Waals surface area contributed by atoms with E-state index in [1.165, 1.54) is 12.4 Å². The lowest BCUT2D eigenvalue weighted by molar-refractivity contribution is 0.598. The summed E-state index contributed by atoms with van der Waals surface area (Å²) in [5.41, 5.74) is 6.23. The molecule has 0 radical (unpaired) electrons. The molecule has 1 aromatic heterocycles. The molecule has 0 atom stereocenters. The SMILES string of the molecule is Nc1ccc(NCc2ncn[nH]2)c(S(N)(=O)=O)c1. The molecule has 0 amide bonds. The quantitative estimate of drug-likeness (QED) is 0.558. The number of anilines is 2. The molecule has 96 valence electrons. The summed E-state index contributed by atoms with van der Waals surface area (Å²) in [6, 6.07) is 4.43. The molecular formula is C9H12N6O2S. The van der Waals surface area contributed by atoms with Crippen LogP contribution in [0.1, 0.15) is 5.82 Å². The van der Waals surface area contributed by atoms with Gasteiger partial charge in [-0.3, -0.25) is 5.10 Å². The van der Waals surface area contributed by atoms with Gasteiger partial charge in [0.1, 0.15) is 17.0 Å². The van der Waals surface area contributed by atoms with Crippen molar-refractivity contribution >= 4 is 21.4 Å². The van der Waals surface area contributed by atoms with Gasteiger partial charge in [0.05, 0.1) is 12.2 Å². The maximum absolute atomic E-state index is 11.4. The molecule has 1 heterocycles. The molecule has 0 saturated heterocycles. The lowest BCUT2D eigenvalue weighted by atomic mass is 10.3. The third-order valence-corrected chi connectivity index (χ3v) is 3.17. The Hall–Kier alpha value is -2.13. The van der Waals surface area contributed by atoms with E-state index in [0.717, 1.165) is 0 Å². The van der Waals surface area contributed by atoms with Crippen LogP contribution >= 0.6 is 0 Å². The Morgan fingerprint density at radius 1 is 1.39 bits per heavy atom. The van der Waals surface area contributed by atoms with Crippen LogP contribution < -0.4 is 16.2 Å². The Morgan fingerprint density at radius 3 is 2.78 bits per heavy atom. The van der Waals surface area contributed by atoms with Crippen molar-refractivity contribution in [2.24, 2.45) is 5.14 Å². The predicted molar refractivity (Wildman–Crippen MR) is 65.9 cm³/mol. The largest absolute Gasteiger partial charge is 0.399 e. The minimum absolute atomic E-state index is 0.0537. The molecule has 2 rings (SSSR count). The minimum Gasteiger partial charge on any atom is -0.399 e. The Bertz CT molecular complexity index is 637. The van der Waals surface area contributed by atoms with E-state index >= 15 is 0 Å². The van der Waals surface area contributed by atoms with Gasteiger partial charge < -0.3 is 11.1 Å². The smallest absolute Gasteiger partial charge is 0.240 e. The van der Waals surface area contributed by atoms with Crippen LogP contribution in [-0.4, -0.2) is 23.6 Å². The number of hydrogen-bond acceptors (Lipinski definition) is 6. The van der Waals surface area contributed by atoms with Crippen molar-refractivity contribution in [1.29, 1.82) is 0 Å². The van der Waals surface area contributed by atoms with E-state index in [9.17, 15) is 8.42 Å². The van der Waals surface area contributed by atoms with E-state index in [0.29, 0.717) is 23.7 Å². The first-order valence-corrected chi connectivity index (χ1v) is 6.52. The van der Waals surface area contributed by atoms with Gasteiger partial charge in [0.15, 0.2) is 0 Å². The van der Waals surface area contributed by atoms with Crippen molar-refractivity contribution in [3.05, 3.63) is 30.4 Å². The van der Waals surface area contributed by atoms with Gasteiger partial charge in [-0.1, -0.05) is 0 Å². The highest BCUT2D eigenvalue weighted by atomic mass is 32.2. The Morgan fingerprint density at radius 2 is 2.17 bits per heavy atom. The van der Waals surface area contributed by atoms with E-state index in [1.54, 1.807) is 12.1 Å². The number of hydrogen-bond donors (Lipinski definition) is 4. The summed E-state index contributed by atoms with van der Waals surface area (Å²) in [5.74, 6) is 0.576. The number of rotatable bonds is 4. The monoisotopic (exact) mass is 268 g/mol. The number of aromatic amines is 1. The summed E-state index contributed by atoms with van der Waals surface area (Å²) in [6.45, 7) is 0.298. The number of H-pyrrole nitrogens is 1. The first kappa shape index (κ1) is 12.3. The van der Waals surface area contributed by atoms with Crippen molar-refractivity contribution in [2.45, 2.75) is 11.4 Å². The van der Waals surface area contributed by atoms with Crippen LogP contribution in [0.25, 0.3) is 0 Å². The Labute approximate surface area is 103 Å². The number of primary sulfonamides is 1. The average molecular weight is 268 g/mol. The molecule has 8 nitrogen and oxygen atoms in total. The summed E-state index contributed by atoms with van der Waals surface area (Å²) < 4.78 is 22.8. The van der Waals surface area contributed by atoms with Gasteiger partial charge in [-0.15, -0.1) is 0 Å². The van der Waals surface area contributed by atoms with Gasteiger partial charge in [0.2, 0.25) is 10.0 Å². The lowest BCUT2D eigenvalue weighted by Crippen LogP contribution is -2.15.